The lowest BCUT2D eigenvalue weighted by atomic mass is 10.2. The summed E-state index contributed by atoms with van der Waals surface area (Å²) in [5, 5.41) is 9.80. The molecule has 0 saturated carbocycles. The third-order valence-corrected chi connectivity index (χ3v) is 4.52. The Hall–Kier alpha value is -2.15. The zero-order chi connectivity index (χ0) is 15.7. The number of rotatable bonds is 4. The Morgan fingerprint density at radius 1 is 1.43 bits per heavy atom. The van der Waals surface area contributed by atoms with E-state index in [-0.39, 0.29) is 23.3 Å². The van der Waals surface area contributed by atoms with Crippen molar-refractivity contribution in [3.05, 3.63) is 39.2 Å². The van der Waals surface area contributed by atoms with Crippen molar-refractivity contribution in [3.8, 4) is 0 Å². The lowest BCUT2D eigenvalue weighted by Crippen LogP contribution is -2.29. The number of carbonyl (C=O) groups excluding carboxylic acids is 1. The number of nitrogens with zero attached hydrogens (tertiary/aromatic N) is 2. The van der Waals surface area contributed by atoms with Crippen molar-refractivity contribution in [2.75, 3.05) is 7.05 Å². The summed E-state index contributed by atoms with van der Waals surface area (Å²) >= 11 is 1.54. The van der Waals surface area contributed by atoms with Crippen LogP contribution in [0.5, 0.6) is 0 Å². The Labute approximate surface area is 126 Å². The van der Waals surface area contributed by atoms with Gasteiger partial charge < -0.3 is 14.4 Å². The zero-order valence-electron chi connectivity index (χ0n) is 12.2. The van der Waals surface area contributed by atoms with Gasteiger partial charge in [0.1, 0.15) is 6.26 Å². The summed E-state index contributed by atoms with van der Waals surface area (Å²) in [4.78, 5) is 30.0. The molecule has 2 rings (SSSR count). The molecule has 21 heavy (non-hydrogen) atoms. The molecule has 2 aromatic heterocycles. The molecule has 0 aromatic carbocycles. The molecule has 0 aliphatic carbocycles. The summed E-state index contributed by atoms with van der Waals surface area (Å²) in [6, 6.07) is 1.07. The Balaban J connectivity index is 2.21. The molecule has 1 atom stereocenters. The maximum absolute atomic E-state index is 12.3. The number of furan rings is 1. The second-order valence-electron chi connectivity index (χ2n) is 4.78. The van der Waals surface area contributed by atoms with E-state index in [9.17, 15) is 9.59 Å². The smallest absolute Gasteiger partial charge is 0.338 e. The first-order valence-corrected chi connectivity index (χ1v) is 7.15. The zero-order valence-corrected chi connectivity index (χ0v) is 13.0. The van der Waals surface area contributed by atoms with Crippen LogP contribution in [0.1, 0.15) is 49.5 Å². The molecule has 0 radical (unpaired) electrons. The van der Waals surface area contributed by atoms with Gasteiger partial charge in [0, 0.05) is 18.0 Å². The van der Waals surface area contributed by atoms with E-state index in [4.69, 9.17) is 9.52 Å². The van der Waals surface area contributed by atoms with Crippen LogP contribution in [0.25, 0.3) is 0 Å². The van der Waals surface area contributed by atoms with Gasteiger partial charge in [0.05, 0.1) is 22.3 Å². The van der Waals surface area contributed by atoms with Crippen molar-refractivity contribution < 1.29 is 19.1 Å². The summed E-state index contributed by atoms with van der Waals surface area (Å²) in [7, 11) is 1.66. The molecular formula is C14H16N2O4S. The fourth-order valence-electron chi connectivity index (χ4n) is 2.02. The summed E-state index contributed by atoms with van der Waals surface area (Å²) in [6.07, 6.45) is 1.07. The van der Waals surface area contributed by atoms with Crippen LogP contribution >= 0.6 is 11.3 Å². The van der Waals surface area contributed by atoms with Crippen molar-refractivity contribution in [2.45, 2.75) is 26.8 Å². The van der Waals surface area contributed by atoms with Gasteiger partial charge in [-0.25, -0.2) is 9.78 Å². The number of carbonyl (C=O) groups is 2. The number of hydrogen-bond acceptors (Lipinski definition) is 5. The van der Waals surface area contributed by atoms with Gasteiger partial charge in [-0.1, -0.05) is 0 Å². The number of aromatic nitrogens is 1. The van der Waals surface area contributed by atoms with Crippen LogP contribution in [-0.4, -0.2) is 33.9 Å². The average Bonchev–Trinajstić information content (AvgIpc) is 3.03. The quantitative estimate of drug-likeness (QED) is 0.939. The fraction of sp³-hybridized carbons (Fsp3) is 0.357. The normalized spacial score (nSPS) is 12.2. The highest BCUT2D eigenvalue weighted by atomic mass is 32.1. The molecule has 0 saturated heterocycles. The van der Waals surface area contributed by atoms with E-state index in [0.717, 1.165) is 21.8 Å². The molecule has 2 aromatic rings. The van der Waals surface area contributed by atoms with E-state index in [1.54, 1.807) is 18.4 Å². The first-order chi connectivity index (χ1) is 9.81. The molecule has 0 fully saturated rings. The van der Waals surface area contributed by atoms with E-state index in [0.29, 0.717) is 0 Å². The minimum atomic E-state index is -1.12. The minimum absolute atomic E-state index is 0.0145. The minimum Gasteiger partial charge on any atom is -0.478 e. The summed E-state index contributed by atoms with van der Waals surface area (Å²) in [6.45, 7) is 5.73. The predicted octanol–water partition coefficient (Wildman–Crippen LogP) is 2.88. The van der Waals surface area contributed by atoms with Crippen LogP contribution in [0.2, 0.25) is 0 Å². The first kappa shape index (κ1) is 15.2. The Morgan fingerprint density at radius 3 is 2.57 bits per heavy atom. The highest BCUT2D eigenvalue weighted by molar-refractivity contribution is 7.11. The van der Waals surface area contributed by atoms with Crippen molar-refractivity contribution in [1.82, 2.24) is 9.88 Å². The van der Waals surface area contributed by atoms with Crippen LogP contribution in [0.4, 0.5) is 0 Å². The topological polar surface area (TPSA) is 83.6 Å². The third kappa shape index (κ3) is 2.97. The number of aryl methyl sites for hydroxylation is 2. The molecule has 0 aliphatic rings. The third-order valence-electron chi connectivity index (χ3n) is 3.28. The van der Waals surface area contributed by atoms with Crippen molar-refractivity contribution in [1.29, 1.82) is 0 Å². The van der Waals surface area contributed by atoms with E-state index in [1.165, 1.54) is 11.0 Å². The highest BCUT2D eigenvalue weighted by Crippen LogP contribution is 2.29. The number of carboxylic acid groups (broad SMARTS) is 1. The maximum Gasteiger partial charge on any atom is 0.338 e. The molecule has 7 heteroatoms. The Kier molecular flexibility index (Phi) is 4.13. The van der Waals surface area contributed by atoms with Crippen molar-refractivity contribution in [2.24, 2.45) is 0 Å². The monoisotopic (exact) mass is 308 g/mol. The summed E-state index contributed by atoms with van der Waals surface area (Å²) < 4.78 is 5.05. The number of hydrogen-bond donors (Lipinski definition) is 1. The lowest BCUT2D eigenvalue weighted by Gasteiger charge is -2.23. The molecule has 0 bridgehead atoms. The second kappa shape index (κ2) is 5.69. The standard InChI is InChI=1S/C14H16N2O4S/c1-7-12(21-9(3)15-7)8(2)16(4)13(17)11-5-10(6-20-11)14(18)19/h5-6,8H,1-4H3,(H,18,19). The summed E-state index contributed by atoms with van der Waals surface area (Å²) in [5.74, 6) is -1.47. The SMILES string of the molecule is Cc1nc(C)c(C(C)N(C)C(=O)c2cc(C(=O)O)co2)s1. The number of amides is 1. The average molecular weight is 308 g/mol. The van der Waals surface area contributed by atoms with E-state index in [1.807, 2.05) is 20.8 Å². The lowest BCUT2D eigenvalue weighted by molar-refractivity contribution is 0.0692. The largest absolute Gasteiger partial charge is 0.478 e. The van der Waals surface area contributed by atoms with Crippen molar-refractivity contribution in [3.63, 3.8) is 0 Å². The molecule has 1 amide bonds. The molecule has 0 spiro atoms. The highest BCUT2D eigenvalue weighted by Gasteiger charge is 2.25. The van der Waals surface area contributed by atoms with Crippen molar-refractivity contribution >= 4 is 23.2 Å². The van der Waals surface area contributed by atoms with E-state index >= 15 is 0 Å². The molecule has 0 aliphatic heterocycles. The van der Waals surface area contributed by atoms with Gasteiger partial charge in [0.2, 0.25) is 0 Å². The Bertz CT molecular complexity index is 689. The van der Waals surface area contributed by atoms with Crippen LogP contribution in [0.3, 0.4) is 0 Å². The van der Waals surface area contributed by atoms with Gasteiger partial charge in [0.25, 0.3) is 5.91 Å². The first-order valence-electron chi connectivity index (χ1n) is 6.34. The van der Waals surface area contributed by atoms with Crippen LogP contribution in [-0.2, 0) is 0 Å². The van der Waals surface area contributed by atoms with Crippen LogP contribution in [0, 0.1) is 13.8 Å². The molecule has 6 nitrogen and oxygen atoms in total. The maximum atomic E-state index is 12.3. The molecule has 112 valence electrons. The fourth-order valence-corrected chi connectivity index (χ4v) is 3.04. The summed E-state index contributed by atoms with van der Waals surface area (Å²) in [5.41, 5.74) is 0.861. The Morgan fingerprint density at radius 2 is 2.10 bits per heavy atom. The van der Waals surface area contributed by atoms with Gasteiger partial charge >= 0.3 is 5.97 Å². The van der Waals surface area contributed by atoms with Gasteiger partial charge in [-0.05, 0) is 20.8 Å². The number of carboxylic acids is 1. The van der Waals surface area contributed by atoms with Crippen LogP contribution < -0.4 is 0 Å². The predicted molar refractivity (Wildman–Crippen MR) is 77.8 cm³/mol. The number of thiazole rings is 1. The van der Waals surface area contributed by atoms with E-state index in [2.05, 4.69) is 4.98 Å². The van der Waals surface area contributed by atoms with Gasteiger partial charge in [0.15, 0.2) is 5.76 Å². The second-order valence-corrected chi connectivity index (χ2v) is 6.01. The molecule has 1 N–H and O–H groups in total. The molecule has 2 heterocycles. The number of aromatic carboxylic acids is 1. The van der Waals surface area contributed by atoms with E-state index < -0.39 is 5.97 Å². The van der Waals surface area contributed by atoms with Gasteiger partial charge in [-0.15, -0.1) is 11.3 Å². The molecular weight excluding hydrogens is 292 g/mol. The van der Waals surface area contributed by atoms with Crippen LogP contribution in [0.15, 0.2) is 16.7 Å². The van der Waals surface area contributed by atoms with Gasteiger partial charge in [-0.3, -0.25) is 4.79 Å². The van der Waals surface area contributed by atoms with Gasteiger partial charge in [-0.2, -0.15) is 0 Å². The molecule has 1 unspecified atom stereocenters.